The average molecular weight is 391 g/mol. The number of nitrogens with one attached hydrogen (secondary N) is 1. The number of nitrogens with zero attached hydrogens (tertiary/aromatic N) is 3. The number of allylic oxidation sites excluding steroid dienone is 1. The molecular formula is C21H21N5O3. The van der Waals surface area contributed by atoms with Crippen molar-refractivity contribution < 1.29 is 14.3 Å². The minimum absolute atomic E-state index is 0.388. The number of carbonyl (C=O) groups is 1. The van der Waals surface area contributed by atoms with Crippen LogP contribution in [0.15, 0.2) is 66.1 Å². The Morgan fingerprint density at radius 2 is 2.00 bits per heavy atom. The molecule has 1 aromatic heterocycles. The van der Waals surface area contributed by atoms with Gasteiger partial charge in [0.1, 0.15) is 19.0 Å². The Bertz CT molecular complexity index is 1070. The van der Waals surface area contributed by atoms with Crippen LogP contribution in [0.3, 0.4) is 0 Å². The van der Waals surface area contributed by atoms with Gasteiger partial charge in [-0.3, -0.25) is 4.79 Å². The Hall–Kier alpha value is -3.81. The van der Waals surface area contributed by atoms with E-state index in [0.29, 0.717) is 35.3 Å². The van der Waals surface area contributed by atoms with Gasteiger partial charge in [-0.2, -0.15) is 10.1 Å². The van der Waals surface area contributed by atoms with E-state index in [4.69, 9.17) is 15.2 Å². The first-order chi connectivity index (χ1) is 14.1. The lowest BCUT2D eigenvalue weighted by Crippen LogP contribution is -2.31. The van der Waals surface area contributed by atoms with Crippen molar-refractivity contribution in [3.05, 3.63) is 77.3 Å². The van der Waals surface area contributed by atoms with Crippen molar-refractivity contribution in [1.82, 2.24) is 14.8 Å². The monoisotopic (exact) mass is 391 g/mol. The predicted molar refractivity (Wildman–Crippen MR) is 107 cm³/mol. The summed E-state index contributed by atoms with van der Waals surface area (Å²) in [5, 5.41) is 7.34. The van der Waals surface area contributed by atoms with Crippen LogP contribution >= 0.6 is 0 Å². The molecular weight excluding hydrogens is 370 g/mol. The molecule has 8 heteroatoms. The normalized spacial score (nSPS) is 15.4. The molecule has 0 bridgehead atoms. The van der Waals surface area contributed by atoms with Crippen LogP contribution < -0.4 is 20.5 Å². The number of rotatable bonds is 6. The van der Waals surface area contributed by atoms with Gasteiger partial charge in [-0.25, -0.2) is 4.68 Å². The van der Waals surface area contributed by atoms with Gasteiger partial charge in [0.15, 0.2) is 11.5 Å². The third-order valence-corrected chi connectivity index (χ3v) is 4.80. The molecule has 0 saturated carbocycles. The molecule has 0 radical (unpaired) electrons. The second kappa shape index (κ2) is 7.67. The van der Waals surface area contributed by atoms with Gasteiger partial charge in [0.2, 0.25) is 11.9 Å². The highest BCUT2D eigenvalue weighted by Gasteiger charge is 2.32. The van der Waals surface area contributed by atoms with Crippen LogP contribution in [-0.4, -0.2) is 27.8 Å². The summed E-state index contributed by atoms with van der Waals surface area (Å²) >= 11 is 0. The maximum atomic E-state index is 12.2. The fourth-order valence-corrected chi connectivity index (χ4v) is 3.43. The molecule has 1 aliphatic rings. The summed E-state index contributed by atoms with van der Waals surface area (Å²) in [4.78, 5) is 16.4. The summed E-state index contributed by atoms with van der Waals surface area (Å²) in [5.74, 6) is 1.18. The van der Waals surface area contributed by atoms with Gasteiger partial charge >= 0.3 is 0 Å². The lowest BCUT2D eigenvalue weighted by molar-refractivity contribution is -0.115. The number of hydrogen-bond donors (Lipinski definition) is 2. The average Bonchev–Trinajstić information content (AvgIpc) is 3.19. The Morgan fingerprint density at radius 3 is 2.72 bits per heavy atom. The van der Waals surface area contributed by atoms with Crippen molar-refractivity contribution in [1.29, 1.82) is 0 Å². The largest absolute Gasteiger partial charge is 0.493 e. The Morgan fingerprint density at radius 1 is 1.21 bits per heavy atom. The molecule has 3 aromatic rings. The first-order valence-electron chi connectivity index (χ1n) is 9.10. The van der Waals surface area contributed by atoms with Crippen LogP contribution in [-0.2, 0) is 11.4 Å². The predicted octanol–water partition coefficient (Wildman–Crippen LogP) is 2.64. The zero-order valence-electron chi connectivity index (χ0n) is 16.1. The second-order valence-electron chi connectivity index (χ2n) is 6.64. The van der Waals surface area contributed by atoms with Crippen LogP contribution in [0.5, 0.6) is 11.5 Å². The van der Waals surface area contributed by atoms with Gasteiger partial charge in [-0.05, 0) is 30.2 Å². The molecule has 2 heterocycles. The van der Waals surface area contributed by atoms with Crippen LogP contribution in [0.2, 0.25) is 0 Å². The number of carbonyl (C=O) groups excluding carboxylic acids is 1. The lowest BCUT2D eigenvalue weighted by Gasteiger charge is -2.28. The quantitative estimate of drug-likeness (QED) is 0.669. The third-order valence-electron chi connectivity index (χ3n) is 4.80. The fraction of sp³-hybridized carbons (Fsp3) is 0.190. The van der Waals surface area contributed by atoms with Gasteiger partial charge in [-0.1, -0.05) is 36.4 Å². The molecule has 2 aromatic carbocycles. The smallest absolute Gasteiger partial charge is 0.248 e. The minimum Gasteiger partial charge on any atom is -0.493 e. The fourth-order valence-electron chi connectivity index (χ4n) is 3.43. The molecule has 0 spiro atoms. The third kappa shape index (κ3) is 3.52. The van der Waals surface area contributed by atoms with Gasteiger partial charge in [0.05, 0.1) is 12.7 Å². The van der Waals surface area contributed by atoms with E-state index < -0.39 is 11.9 Å². The van der Waals surface area contributed by atoms with Gasteiger partial charge in [0.25, 0.3) is 0 Å². The maximum absolute atomic E-state index is 12.2. The molecule has 1 amide bonds. The maximum Gasteiger partial charge on any atom is 0.248 e. The highest BCUT2D eigenvalue weighted by molar-refractivity contribution is 5.95. The van der Waals surface area contributed by atoms with Crippen molar-refractivity contribution >= 4 is 11.9 Å². The van der Waals surface area contributed by atoms with Crippen LogP contribution in [0.25, 0.3) is 0 Å². The summed E-state index contributed by atoms with van der Waals surface area (Å²) in [7, 11) is 1.59. The van der Waals surface area contributed by atoms with E-state index in [0.717, 1.165) is 11.1 Å². The summed E-state index contributed by atoms with van der Waals surface area (Å²) in [6.07, 6.45) is 1.43. The Labute approximate surface area is 168 Å². The van der Waals surface area contributed by atoms with E-state index in [2.05, 4.69) is 15.4 Å². The highest BCUT2D eigenvalue weighted by Crippen LogP contribution is 2.38. The van der Waals surface area contributed by atoms with Gasteiger partial charge < -0.3 is 20.5 Å². The van der Waals surface area contributed by atoms with E-state index in [1.165, 1.54) is 6.33 Å². The molecule has 4 rings (SSSR count). The number of benzene rings is 2. The number of anilines is 1. The zero-order chi connectivity index (χ0) is 20.4. The summed E-state index contributed by atoms with van der Waals surface area (Å²) in [5.41, 5.74) is 8.57. The Balaban J connectivity index is 1.74. The van der Waals surface area contributed by atoms with E-state index in [-0.39, 0.29) is 0 Å². The topological polar surface area (TPSA) is 104 Å². The minimum atomic E-state index is -0.524. The first kappa shape index (κ1) is 18.5. The molecule has 0 fully saturated rings. The molecule has 1 atom stereocenters. The van der Waals surface area contributed by atoms with Crippen LogP contribution in [0.1, 0.15) is 24.1 Å². The number of hydrogen-bond acceptors (Lipinski definition) is 6. The first-order valence-corrected chi connectivity index (χ1v) is 9.10. The SMILES string of the molecule is COc1ccc(C2C(C(N)=O)=C(C)Nc3ncnn32)cc1OCc1ccccc1. The molecule has 0 aliphatic carbocycles. The molecule has 29 heavy (non-hydrogen) atoms. The number of amides is 1. The molecule has 1 aliphatic heterocycles. The van der Waals surface area contributed by atoms with Crippen molar-refractivity contribution in [2.24, 2.45) is 5.73 Å². The van der Waals surface area contributed by atoms with E-state index in [1.54, 1.807) is 18.7 Å². The van der Waals surface area contributed by atoms with Gasteiger partial charge in [0, 0.05) is 5.70 Å². The molecule has 0 saturated heterocycles. The van der Waals surface area contributed by atoms with Crippen LogP contribution in [0.4, 0.5) is 5.95 Å². The zero-order valence-corrected chi connectivity index (χ0v) is 16.1. The lowest BCUT2D eigenvalue weighted by atomic mass is 9.95. The van der Waals surface area contributed by atoms with Crippen molar-refractivity contribution in [3.8, 4) is 11.5 Å². The van der Waals surface area contributed by atoms with Crippen molar-refractivity contribution in [2.75, 3.05) is 12.4 Å². The number of primary amides is 1. The molecule has 3 N–H and O–H groups in total. The van der Waals surface area contributed by atoms with Crippen LogP contribution in [0, 0.1) is 0 Å². The van der Waals surface area contributed by atoms with Crippen molar-refractivity contribution in [2.45, 2.75) is 19.6 Å². The van der Waals surface area contributed by atoms with E-state index in [9.17, 15) is 4.79 Å². The summed E-state index contributed by atoms with van der Waals surface area (Å²) in [6, 6.07) is 14.9. The molecule has 1 unspecified atom stereocenters. The standard InChI is InChI=1S/C21H21N5O3/c1-13-18(20(22)27)19(26-21(25-13)23-12-24-26)15-8-9-16(28-2)17(10-15)29-11-14-6-4-3-5-7-14/h3-10,12,19H,11H2,1-2H3,(H2,22,27)(H,23,24,25). The summed E-state index contributed by atoms with van der Waals surface area (Å²) < 4.78 is 13.1. The molecule has 8 nitrogen and oxygen atoms in total. The molecule has 148 valence electrons. The highest BCUT2D eigenvalue weighted by atomic mass is 16.5. The summed E-state index contributed by atoms with van der Waals surface area (Å²) in [6.45, 7) is 2.18. The number of fused-ring (bicyclic) bond motifs is 1. The number of aromatic nitrogens is 3. The number of ether oxygens (including phenoxy) is 2. The van der Waals surface area contributed by atoms with Crippen molar-refractivity contribution in [3.63, 3.8) is 0 Å². The second-order valence-corrected chi connectivity index (χ2v) is 6.64. The number of methoxy groups -OCH3 is 1. The Kier molecular flexibility index (Phi) is 4.90. The van der Waals surface area contributed by atoms with E-state index >= 15 is 0 Å². The number of nitrogens with two attached hydrogens (primary N) is 1. The van der Waals surface area contributed by atoms with E-state index in [1.807, 2.05) is 48.5 Å². The van der Waals surface area contributed by atoms with Gasteiger partial charge in [-0.15, -0.1) is 0 Å².